The fourth-order valence-corrected chi connectivity index (χ4v) is 4.26. The number of hydrogen-bond acceptors (Lipinski definition) is 4. The van der Waals surface area contributed by atoms with Gasteiger partial charge < -0.3 is 19.7 Å². The van der Waals surface area contributed by atoms with E-state index in [1.54, 1.807) is 13.3 Å². The minimum Gasteiger partial charge on any atom is -0.348 e. The number of carbonyl (C=O) groups excluding carboxylic acids is 3. The monoisotopic (exact) mass is 373 g/mol. The van der Waals surface area contributed by atoms with Crippen LogP contribution in [0.3, 0.4) is 0 Å². The maximum atomic E-state index is 13.2. The number of hydrogen-bond donors (Lipinski definition) is 1. The largest absolute Gasteiger partial charge is 0.348 e. The summed E-state index contributed by atoms with van der Waals surface area (Å²) >= 11 is 0. The van der Waals surface area contributed by atoms with E-state index in [1.807, 2.05) is 16.7 Å². The van der Waals surface area contributed by atoms with Crippen molar-refractivity contribution in [1.29, 1.82) is 0 Å². The summed E-state index contributed by atoms with van der Waals surface area (Å²) in [6, 6.07) is 0. The molecule has 1 aromatic heterocycles. The first-order valence-electron chi connectivity index (χ1n) is 9.43. The Morgan fingerprint density at radius 2 is 2.04 bits per heavy atom. The summed E-state index contributed by atoms with van der Waals surface area (Å²) in [5, 5.41) is 0. The van der Waals surface area contributed by atoms with E-state index in [4.69, 9.17) is 0 Å². The van der Waals surface area contributed by atoms with Crippen LogP contribution in [0.25, 0.3) is 0 Å². The molecule has 1 fully saturated rings. The second-order valence-corrected chi connectivity index (χ2v) is 7.12. The number of nitrogens with one attached hydrogen (secondary N) is 1. The molecule has 8 nitrogen and oxygen atoms in total. The van der Waals surface area contributed by atoms with Gasteiger partial charge in [-0.1, -0.05) is 6.58 Å². The van der Waals surface area contributed by atoms with Gasteiger partial charge >= 0.3 is 0 Å². The molecule has 0 saturated carbocycles. The molecule has 0 bridgehead atoms. The zero-order valence-corrected chi connectivity index (χ0v) is 16.0. The summed E-state index contributed by atoms with van der Waals surface area (Å²) < 4.78 is 0. The van der Waals surface area contributed by atoms with E-state index in [9.17, 15) is 14.4 Å². The maximum absolute atomic E-state index is 13.2. The molecule has 3 heterocycles. The van der Waals surface area contributed by atoms with Crippen molar-refractivity contribution in [3.8, 4) is 0 Å². The van der Waals surface area contributed by atoms with Crippen molar-refractivity contribution in [3.05, 3.63) is 30.4 Å². The Morgan fingerprint density at radius 1 is 1.33 bits per heavy atom. The number of piperidine rings is 1. The van der Waals surface area contributed by atoms with Gasteiger partial charge in [0.2, 0.25) is 17.7 Å². The number of fused-ring (bicyclic) bond motifs is 2. The van der Waals surface area contributed by atoms with Crippen LogP contribution in [0.1, 0.15) is 38.1 Å². The first-order valence-corrected chi connectivity index (χ1v) is 9.43. The molecule has 0 aromatic carbocycles. The smallest absolute Gasteiger partial charge is 0.246 e. The van der Waals surface area contributed by atoms with Crippen LogP contribution in [0, 0.1) is 0 Å². The van der Waals surface area contributed by atoms with E-state index >= 15 is 0 Å². The SMILES string of the molecule is C=CC(=O)N(CC)CC(=O)N1CCc2[nH]cnc2C12CCN(C(C)=O)CC2. The highest BCUT2D eigenvalue weighted by Crippen LogP contribution is 2.42. The van der Waals surface area contributed by atoms with Crippen LogP contribution >= 0.6 is 0 Å². The van der Waals surface area contributed by atoms with Crippen LogP contribution in [-0.4, -0.2) is 75.1 Å². The van der Waals surface area contributed by atoms with Gasteiger partial charge in [0, 0.05) is 45.2 Å². The third-order valence-electron chi connectivity index (χ3n) is 5.79. The number of amides is 3. The highest BCUT2D eigenvalue weighted by molar-refractivity contribution is 5.91. The number of imidazole rings is 1. The fraction of sp³-hybridized carbons (Fsp3) is 0.579. The van der Waals surface area contributed by atoms with Crippen molar-refractivity contribution in [1.82, 2.24) is 24.7 Å². The number of aromatic nitrogens is 2. The average molecular weight is 373 g/mol. The van der Waals surface area contributed by atoms with Crippen molar-refractivity contribution in [2.24, 2.45) is 0 Å². The molecule has 146 valence electrons. The molecule has 27 heavy (non-hydrogen) atoms. The van der Waals surface area contributed by atoms with Crippen molar-refractivity contribution >= 4 is 17.7 Å². The number of H-pyrrole nitrogens is 1. The molecule has 0 radical (unpaired) electrons. The number of carbonyl (C=O) groups is 3. The fourth-order valence-electron chi connectivity index (χ4n) is 4.26. The zero-order valence-electron chi connectivity index (χ0n) is 16.0. The van der Waals surface area contributed by atoms with Crippen molar-refractivity contribution in [2.45, 2.75) is 38.6 Å². The van der Waals surface area contributed by atoms with Crippen LogP contribution < -0.4 is 0 Å². The van der Waals surface area contributed by atoms with E-state index < -0.39 is 5.54 Å². The highest BCUT2D eigenvalue weighted by Gasteiger charge is 2.49. The molecule has 0 aliphatic carbocycles. The molecule has 1 saturated heterocycles. The van der Waals surface area contributed by atoms with Crippen molar-refractivity contribution in [3.63, 3.8) is 0 Å². The molecular weight excluding hydrogens is 346 g/mol. The van der Waals surface area contributed by atoms with E-state index in [0.29, 0.717) is 45.4 Å². The Balaban J connectivity index is 1.88. The molecular formula is C19H27N5O3. The normalized spacial score (nSPS) is 18.1. The van der Waals surface area contributed by atoms with Crippen molar-refractivity contribution < 1.29 is 14.4 Å². The Bertz CT molecular complexity index is 748. The van der Waals surface area contributed by atoms with E-state index in [-0.39, 0.29) is 24.3 Å². The molecule has 0 atom stereocenters. The molecule has 2 aliphatic rings. The Hall–Kier alpha value is -2.64. The summed E-state index contributed by atoms with van der Waals surface area (Å²) in [6.45, 7) is 9.16. The van der Waals surface area contributed by atoms with Gasteiger partial charge in [-0.05, 0) is 25.8 Å². The van der Waals surface area contributed by atoms with Gasteiger partial charge in [0.25, 0.3) is 0 Å². The lowest BCUT2D eigenvalue weighted by molar-refractivity contribution is -0.147. The second kappa shape index (κ2) is 7.54. The standard InChI is InChI=1S/C19H27N5O3/c1-4-16(26)22(5-2)12-17(27)24-9-6-15-18(21-13-20-15)19(24)7-10-23(11-8-19)14(3)25/h4,13H,1,5-12H2,2-3H3,(H,20,21). The lowest BCUT2D eigenvalue weighted by atomic mass is 9.78. The van der Waals surface area contributed by atoms with E-state index in [1.165, 1.54) is 11.0 Å². The van der Waals surface area contributed by atoms with Gasteiger partial charge in [-0.2, -0.15) is 0 Å². The average Bonchev–Trinajstić information content (AvgIpc) is 3.16. The predicted octanol–water partition coefficient (Wildman–Crippen LogP) is 0.667. The van der Waals surface area contributed by atoms with Crippen LogP contribution in [0.5, 0.6) is 0 Å². The van der Waals surface area contributed by atoms with Crippen LogP contribution in [0.2, 0.25) is 0 Å². The van der Waals surface area contributed by atoms with Crippen LogP contribution in [-0.2, 0) is 26.3 Å². The summed E-state index contributed by atoms with van der Waals surface area (Å²) in [5.41, 5.74) is 1.45. The molecule has 3 rings (SSSR count). The van der Waals surface area contributed by atoms with Crippen LogP contribution in [0.4, 0.5) is 0 Å². The predicted molar refractivity (Wildman–Crippen MR) is 99.6 cm³/mol. The third-order valence-corrected chi connectivity index (χ3v) is 5.79. The third kappa shape index (κ3) is 3.36. The lowest BCUT2D eigenvalue weighted by Gasteiger charge is -2.50. The molecule has 1 N–H and O–H groups in total. The maximum Gasteiger partial charge on any atom is 0.246 e. The van der Waals surface area contributed by atoms with E-state index in [0.717, 1.165) is 11.4 Å². The van der Waals surface area contributed by atoms with Gasteiger partial charge in [-0.15, -0.1) is 0 Å². The Labute approximate surface area is 159 Å². The molecule has 2 aliphatic heterocycles. The van der Waals surface area contributed by atoms with Gasteiger partial charge in [-0.3, -0.25) is 14.4 Å². The first kappa shape index (κ1) is 19.1. The summed E-state index contributed by atoms with van der Waals surface area (Å²) in [5.74, 6) is -0.282. The molecule has 3 amide bonds. The second-order valence-electron chi connectivity index (χ2n) is 7.12. The Kier molecular flexibility index (Phi) is 5.34. The van der Waals surface area contributed by atoms with Crippen molar-refractivity contribution in [2.75, 3.05) is 32.7 Å². The number of aromatic amines is 1. The summed E-state index contributed by atoms with van der Waals surface area (Å²) in [6.07, 6.45) is 4.92. The minimum atomic E-state index is -0.521. The molecule has 0 unspecified atom stereocenters. The topological polar surface area (TPSA) is 89.6 Å². The Morgan fingerprint density at radius 3 is 2.63 bits per heavy atom. The number of nitrogens with zero attached hydrogens (tertiary/aromatic N) is 4. The summed E-state index contributed by atoms with van der Waals surface area (Å²) in [4.78, 5) is 49.8. The number of likely N-dealkylation sites (tertiary alicyclic amines) is 1. The van der Waals surface area contributed by atoms with Gasteiger partial charge in [0.05, 0.1) is 17.6 Å². The van der Waals surface area contributed by atoms with E-state index in [2.05, 4.69) is 16.5 Å². The van der Waals surface area contributed by atoms with Gasteiger partial charge in [0.1, 0.15) is 6.54 Å². The van der Waals surface area contributed by atoms with Crippen LogP contribution in [0.15, 0.2) is 19.0 Å². The minimum absolute atomic E-state index is 0.0271. The molecule has 1 spiro atoms. The number of rotatable bonds is 4. The van der Waals surface area contributed by atoms with Gasteiger partial charge in [-0.25, -0.2) is 4.98 Å². The lowest BCUT2D eigenvalue weighted by Crippen LogP contribution is -2.60. The quantitative estimate of drug-likeness (QED) is 0.786. The first-order chi connectivity index (χ1) is 12.9. The highest BCUT2D eigenvalue weighted by atomic mass is 16.2. The van der Waals surface area contributed by atoms with Gasteiger partial charge in [0.15, 0.2) is 0 Å². The number of likely N-dealkylation sites (N-methyl/N-ethyl adjacent to an activating group) is 1. The molecule has 8 heteroatoms. The summed E-state index contributed by atoms with van der Waals surface area (Å²) in [7, 11) is 0. The molecule has 1 aromatic rings. The zero-order chi connectivity index (χ0) is 19.6.